The molecule has 3 heteroatoms. The second kappa shape index (κ2) is 4.92. The van der Waals surface area contributed by atoms with Crippen LogP contribution in [-0.4, -0.2) is 12.6 Å². The molecular weight excluding hydrogens is 306 g/mol. The second-order valence-corrected chi connectivity index (χ2v) is 9.04. The van der Waals surface area contributed by atoms with Crippen molar-refractivity contribution < 1.29 is 0 Å². The number of hydrogen-bond donors (Lipinski definition) is 1. The van der Waals surface area contributed by atoms with Crippen molar-refractivity contribution in [3.63, 3.8) is 0 Å². The summed E-state index contributed by atoms with van der Waals surface area (Å²) < 4.78 is 1.24. The standard InChI is InChI=1S/C15H24BrNS/c1-6-17-11(9-10-7-8-12(16)18-10)13-14(2,3)15(13,4)5/h7-8,11,13,17H,6,9H2,1-5H3. The monoisotopic (exact) mass is 329 g/mol. The predicted molar refractivity (Wildman–Crippen MR) is 84.2 cm³/mol. The van der Waals surface area contributed by atoms with Crippen LogP contribution in [0.3, 0.4) is 0 Å². The van der Waals surface area contributed by atoms with Gasteiger partial charge in [-0.3, -0.25) is 0 Å². The van der Waals surface area contributed by atoms with Crippen molar-refractivity contribution in [1.29, 1.82) is 0 Å². The fourth-order valence-electron chi connectivity index (χ4n) is 3.50. The summed E-state index contributed by atoms with van der Waals surface area (Å²) in [5.74, 6) is 0.769. The van der Waals surface area contributed by atoms with Crippen molar-refractivity contribution >= 4 is 27.3 Å². The van der Waals surface area contributed by atoms with Crippen LogP contribution >= 0.6 is 27.3 Å². The highest BCUT2D eigenvalue weighted by molar-refractivity contribution is 9.11. The molecular formula is C15H24BrNS. The third kappa shape index (κ3) is 2.41. The SMILES string of the molecule is CCNC(Cc1ccc(Br)s1)C1C(C)(C)C1(C)C. The molecule has 0 aliphatic heterocycles. The van der Waals surface area contributed by atoms with E-state index in [1.165, 1.54) is 8.66 Å². The first-order valence-electron chi connectivity index (χ1n) is 6.78. The Labute approximate surface area is 123 Å². The lowest BCUT2D eigenvalue weighted by molar-refractivity contribution is 0.405. The molecule has 102 valence electrons. The van der Waals surface area contributed by atoms with Gasteiger partial charge in [-0.25, -0.2) is 0 Å². The molecule has 1 aliphatic carbocycles. The van der Waals surface area contributed by atoms with E-state index in [-0.39, 0.29) is 0 Å². The lowest BCUT2D eigenvalue weighted by Gasteiger charge is -2.19. The molecule has 0 aromatic carbocycles. The molecule has 0 amide bonds. The summed E-state index contributed by atoms with van der Waals surface area (Å²) in [6.07, 6.45) is 1.15. The van der Waals surface area contributed by atoms with Crippen molar-refractivity contribution in [3.8, 4) is 0 Å². The first-order chi connectivity index (χ1) is 8.30. The Morgan fingerprint density at radius 1 is 1.28 bits per heavy atom. The first-order valence-corrected chi connectivity index (χ1v) is 8.39. The second-order valence-electron chi connectivity index (χ2n) is 6.50. The lowest BCUT2D eigenvalue weighted by Crippen LogP contribution is -2.35. The number of likely N-dealkylation sites (N-methyl/N-ethyl adjacent to an activating group) is 1. The van der Waals surface area contributed by atoms with Crippen molar-refractivity contribution in [1.82, 2.24) is 5.32 Å². The molecule has 18 heavy (non-hydrogen) atoms. The summed E-state index contributed by atoms with van der Waals surface area (Å²) in [6, 6.07) is 5.01. The number of thiophene rings is 1. The van der Waals surface area contributed by atoms with E-state index in [0.717, 1.165) is 18.9 Å². The van der Waals surface area contributed by atoms with Gasteiger partial charge in [-0.1, -0.05) is 34.6 Å². The van der Waals surface area contributed by atoms with Crippen molar-refractivity contribution in [2.75, 3.05) is 6.54 Å². The minimum absolute atomic E-state index is 0.453. The third-order valence-electron chi connectivity index (χ3n) is 5.05. The molecule has 1 saturated carbocycles. The molecule has 1 aromatic heterocycles. The van der Waals surface area contributed by atoms with Crippen LogP contribution in [0.4, 0.5) is 0 Å². The molecule has 0 radical (unpaired) electrons. The van der Waals surface area contributed by atoms with Gasteiger partial charge in [0, 0.05) is 10.9 Å². The third-order valence-corrected chi connectivity index (χ3v) is 6.70. The van der Waals surface area contributed by atoms with Gasteiger partial charge in [0.15, 0.2) is 0 Å². The smallest absolute Gasteiger partial charge is 0.0701 e. The fourth-order valence-corrected chi connectivity index (χ4v) is 5.04. The van der Waals surface area contributed by atoms with Gasteiger partial charge in [-0.05, 0) is 57.8 Å². The Morgan fingerprint density at radius 2 is 1.89 bits per heavy atom. The van der Waals surface area contributed by atoms with E-state index in [1.54, 1.807) is 0 Å². The molecule has 0 saturated heterocycles. The highest BCUT2D eigenvalue weighted by atomic mass is 79.9. The lowest BCUT2D eigenvalue weighted by atomic mass is 10.0. The molecule has 1 heterocycles. The highest BCUT2D eigenvalue weighted by Gasteiger charge is 2.66. The summed E-state index contributed by atoms with van der Waals surface area (Å²) in [6.45, 7) is 12.9. The van der Waals surface area contributed by atoms with Crippen LogP contribution in [0, 0.1) is 16.7 Å². The van der Waals surface area contributed by atoms with Crippen LogP contribution < -0.4 is 5.32 Å². The Kier molecular flexibility index (Phi) is 3.97. The number of nitrogens with one attached hydrogen (secondary N) is 1. The van der Waals surface area contributed by atoms with Crippen LogP contribution in [0.2, 0.25) is 0 Å². The zero-order valence-corrected chi connectivity index (χ0v) is 14.4. The Hall–Kier alpha value is 0.140. The maximum Gasteiger partial charge on any atom is 0.0701 e. The largest absolute Gasteiger partial charge is 0.314 e. The number of halogens is 1. The van der Waals surface area contributed by atoms with Gasteiger partial charge in [0.1, 0.15) is 0 Å². The van der Waals surface area contributed by atoms with Gasteiger partial charge in [-0.2, -0.15) is 0 Å². The summed E-state index contributed by atoms with van der Waals surface area (Å²) >= 11 is 5.42. The van der Waals surface area contributed by atoms with Crippen LogP contribution in [0.5, 0.6) is 0 Å². The summed E-state index contributed by atoms with van der Waals surface area (Å²) in [5.41, 5.74) is 0.905. The minimum atomic E-state index is 0.453. The van der Waals surface area contributed by atoms with Gasteiger partial charge >= 0.3 is 0 Å². The topological polar surface area (TPSA) is 12.0 Å². The average Bonchev–Trinajstić information content (AvgIpc) is 2.58. The molecule has 0 spiro atoms. The Morgan fingerprint density at radius 3 is 2.28 bits per heavy atom. The summed E-state index contributed by atoms with van der Waals surface area (Å²) in [7, 11) is 0. The Balaban J connectivity index is 2.11. The molecule has 1 atom stereocenters. The quantitative estimate of drug-likeness (QED) is 0.824. The molecule has 1 aliphatic rings. The summed E-state index contributed by atoms with van der Waals surface area (Å²) in [4.78, 5) is 1.48. The van der Waals surface area contributed by atoms with Gasteiger partial charge in [0.05, 0.1) is 3.79 Å². The number of hydrogen-bond acceptors (Lipinski definition) is 2. The molecule has 0 bridgehead atoms. The van der Waals surface area contributed by atoms with Gasteiger partial charge in [-0.15, -0.1) is 11.3 Å². The fraction of sp³-hybridized carbons (Fsp3) is 0.733. The van der Waals surface area contributed by atoms with Crippen molar-refractivity contribution in [2.24, 2.45) is 16.7 Å². The van der Waals surface area contributed by atoms with E-state index in [4.69, 9.17) is 0 Å². The van der Waals surface area contributed by atoms with Gasteiger partial charge in [0.25, 0.3) is 0 Å². The van der Waals surface area contributed by atoms with Crippen LogP contribution in [-0.2, 0) is 6.42 Å². The van der Waals surface area contributed by atoms with E-state index in [9.17, 15) is 0 Å². The zero-order valence-electron chi connectivity index (χ0n) is 12.0. The first kappa shape index (κ1) is 14.5. The van der Waals surface area contributed by atoms with Crippen LogP contribution in [0.25, 0.3) is 0 Å². The Bertz CT molecular complexity index is 408. The minimum Gasteiger partial charge on any atom is -0.314 e. The molecule has 1 fully saturated rings. The number of rotatable bonds is 5. The van der Waals surface area contributed by atoms with Crippen molar-refractivity contribution in [2.45, 2.75) is 47.1 Å². The van der Waals surface area contributed by atoms with E-state index in [1.807, 2.05) is 11.3 Å². The normalized spacial score (nSPS) is 23.0. The molecule has 2 rings (SSSR count). The molecule has 1 N–H and O–H groups in total. The van der Waals surface area contributed by atoms with E-state index < -0.39 is 0 Å². The van der Waals surface area contributed by atoms with E-state index >= 15 is 0 Å². The molecule has 1 nitrogen and oxygen atoms in total. The van der Waals surface area contributed by atoms with E-state index in [2.05, 4.69) is 68.0 Å². The van der Waals surface area contributed by atoms with Crippen molar-refractivity contribution in [3.05, 3.63) is 20.8 Å². The highest BCUT2D eigenvalue weighted by Crippen LogP contribution is 2.69. The van der Waals surface area contributed by atoms with Crippen LogP contribution in [0.1, 0.15) is 39.5 Å². The maximum atomic E-state index is 3.70. The summed E-state index contributed by atoms with van der Waals surface area (Å²) in [5, 5.41) is 3.70. The predicted octanol–water partition coefficient (Wildman–Crippen LogP) is 4.71. The van der Waals surface area contributed by atoms with Gasteiger partial charge < -0.3 is 5.32 Å². The average molecular weight is 330 g/mol. The van der Waals surface area contributed by atoms with E-state index in [0.29, 0.717) is 16.9 Å². The van der Waals surface area contributed by atoms with Gasteiger partial charge in [0.2, 0.25) is 0 Å². The molecule has 1 aromatic rings. The molecule has 1 unspecified atom stereocenters. The van der Waals surface area contributed by atoms with Crippen LogP contribution in [0.15, 0.2) is 15.9 Å². The maximum absolute atomic E-state index is 3.70. The zero-order chi connectivity index (χ0) is 13.6.